The standard InChI is InChI=1S/C12H17Cl3N3O8P/c1-23-27(22,25-5-12(13,14)15)24-4-6-8(19)9(20)10(26-6)18-3-2-7(16)17-11(18)21/h2-3,6,8-10,19-20H,4-5H2,1H3,(H2,16,17,21). The van der Waals surface area contributed by atoms with Crippen LogP contribution in [0.5, 0.6) is 0 Å². The van der Waals surface area contributed by atoms with Crippen molar-refractivity contribution in [1.29, 1.82) is 0 Å². The lowest BCUT2D eigenvalue weighted by molar-refractivity contribution is -0.0556. The van der Waals surface area contributed by atoms with Crippen molar-refractivity contribution in [2.24, 2.45) is 0 Å². The van der Waals surface area contributed by atoms with E-state index in [-0.39, 0.29) is 5.82 Å². The first-order valence-corrected chi connectivity index (χ1v) is 9.93. The Bertz CT molecular complexity index is 760. The lowest BCUT2D eigenvalue weighted by atomic mass is 10.1. The van der Waals surface area contributed by atoms with E-state index >= 15 is 0 Å². The van der Waals surface area contributed by atoms with Gasteiger partial charge in [0, 0.05) is 13.3 Å². The molecule has 1 aromatic heterocycles. The minimum Gasteiger partial charge on any atom is -0.387 e. The maximum Gasteiger partial charge on any atom is 0.474 e. The maximum atomic E-state index is 12.3. The van der Waals surface area contributed by atoms with Crippen LogP contribution >= 0.6 is 42.6 Å². The van der Waals surface area contributed by atoms with Gasteiger partial charge in [0.05, 0.1) is 6.61 Å². The van der Waals surface area contributed by atoms with Gasteiger partial charge in [-0.2, -0.15) is 4.98 Å². The second-order valence-electron chi connectivity index (χ2n) is 5.40. The molecule has 5 atom stereocenters. The van der Waals surface area contributed by atoms with Crippen LogP contribution in [-0.4, -0.2) is 62.2 Å². The summed E-state index contributed by atoms with van der Waals surface area (Å²) in [5, 5.41) is 20.3. The van der Waals surface area contributed by atoms with Crippen molar-refractivity contribution in [3.8, 4) is 0 Å². The Morgan fingerprint density at radius 3 is 2.59 bits per heavy atom. The van der Waals surface area contributed by atoms with Crippen molar-refractivity contribution in [3.05, 3.63) is 22.7 Å². The average molecular weight is 469 g/mol. The van der Waals surface area contributed by atoms with Gasteiger partial charge in [-0.1, -0.05) is 34.8 Å². The number of alkyl halides is 3. The highest BCUT2D eigenvalue weighted by atomic mass is 35.6. The van der Waals surface area contributed by atoms with E-state index in [1.165, 1.54) is 12.3 Å². The molecule has 1 saturated heterocycles. The summed E-state index contributed by atoms with van der Waals surface area (Å²) in [7, 11) is -3.08. The third-order valence-electron chi connectivity index (χ3n) is 3.47. The number of aromatic nitrogens is 2. The van der Waals surface area contributed by atoms with E-state index in [1.807, 2.05) is 0 Å². The van der Waals surface area contributed by atoms with Gasteiger partial charge in [-0.15, -0.1) is 0 Å². The minimum absolute atomic E-state index is 0.0173. The van der Waals surface area contributed by atoms with Crippen molar-refractivity contribution in [2.75, 3.05) is 26.1 Å². The zero-order chi connectivity index (χ0) is 20.4. The monoisotopic (exact) mass is 467 g/mol. The van der Waals surface area contributed by atoms with Gasteiger partial charge in [0.1, 0.15) is 30.7 Å². The molecule has 2 heterocycles. The van der Waals surface area contributed by atoms with Crippen LogP contribution in [0.15, 0.2) is 17.1 Å². The van der Waals surface area contributed by atoms with Crippen molar-refractivity contribution >= 4 is 48.4 Å². The van der Waals surface area contributed by atoms with Crippen LogP contribution < -0.4 is 11.4 Å². The van der Waals surface area contributed by atoms with Crippen LogP contribution in [-0.2, 0) is 22.9 Å². The fourth-order valence-corrected chi connectivity index (χ4v) is 3.53. The lowest BCUT2D eigenvalue weighted by Crippen LogP contribution is -2.36. The van der Waals surface area contributed by atoms with Crippen LogP contribution in [0.25, 0.3) is 0 Å². The molecule has 0 aromatic carbocycles. The second kappa shape index (κ2) is 8.91. The summed E-state index contributed by atoms with van der Waals surface area (Å²) in [6.45, 7) is -1.11. The summed E-state index contributed by atoms with van der Waals surface area (Å²) < 4.78 is 31.3. The Kier molecular flexibility index (Phi) is 7.54. The molecule has 0 radical (unpaired) electrons. The molecule has 0 spiro atoms. The van der Waals surface area contributed by atoms with Crippen LogP contribution in [0.2, 0.25) is 0 Å². The number of nitrogens with zero attached hydrogens (tertiary/aromatic N) is 2. The highest BCUT2D eigenvalue weighted by Crippen LogP contribution is 2.50. The van der Waals surface area contributed by atoms with Crippen molar-refractivity contribution in [3.63, 3.8) is 0 Å². The minimum atomic E-state index is -4.13. The topological polar surface area (TPSA) is 155 Å². The third kappa shape index (κ3) is 6.01. The van der Waals surface area contributed by atoms with Crippen molar-refractivity contribution in [1.82, 2.24) is 9.55 Å². The van der Waals surface area contributed by atoms with Crippen LogP contribution in [0.4, 0.5) is 5.82 Å². The number of nitrogens with two attached hydrogens (primary N) is 1. The molecule has 4 N–H and O–H groups in total. The van der Waals surface area contributed by atoms with E-state index in [0.29, 0.717) is 0 Å². The Labute approximate surface area is 168 Å². The summed E-state index contributed by atoms with van der Waals surface area (Å²) >= 11 is 16.5. The Morgan fingerprint density at radius 2 is 2.04 bits per heavy atom. The molecule has 1 fully saturated rings. The van der Waals surface area contributed by atoms with Gasteiger partial charge in [-0.05, 0) is 6.07 Å². The number of halogens is 3. The predicted molar refractivity (Wildman–Crippen MR) is 95.6 cm³/mol. The number of hydrogen-bond donors (Lipinski definition) is 3. The highest BCUT2D eigenvalue weighted by Gasteiger charge is 2.45. The van der Waals surface area contributed by atoms with E-state index < -0.39 is 55.1 Å². The fourth-order valence-electron chi connectivity index (χ4n) is 2.18. The molecule has 2 rings (SSSR count). The number of phosphoric acid groups is 1. The number of nitrogen functional groups attached to an aromatic ring is 1. The third-order valence-corrected chi connectivity index (χ3v) is 5.15. The maximum absolute atomic E-state index is 12.3. The lowest BCUT2D eigenvalue weighted by Gasteiger charge is -2.21. The molecule has 11 nitrogen and oxygen atoms in total. The van der Waals surface area contributed by atoms with Crippen molar-refractivity contribution < 1.29 is 33.1 Å². The van der Waals surface area contributed by atoms with E-state index in [4.69, 9.17) is 54.3 Å². The summed E-state index contributed by atoms with van der Waals surface area (Å²) in [5.74, 6) is -0.0173. The normalized spacial score (nSPS) is 28.2. The number of rotatable bonds is 7. The van der Waals surface area contributed by atoms with Gasteiger partial charge in [0.25, 0.3) is 0 Å². The molecule has 5 unspecified atom stereocenters. The van der Waals surface area contributed by atoms with E-state index in [1.54, 1.807) is 0 Å². The van der Waals surface area contributed by atoms with Gasteiger partial charge in [0.15, 0.2) is 6.23 Å². The van der Waals surface area contributed by atoms with Gasteiger partial charge in [-0.25, -0.2) is 9.36 Å². The largest absolute Gasteiger partial charge is 0.474 e. The van der Waals surface area contributed by atoms with Crippen LogP contribution in [0.3, 0.4) is 0 Å². The summed E-state index contributed by atoms with van der Waals surface area (Å²) in [5.41, 5.74) is 4.61. The first kappa shape index (κ1) is 22.8. The molecule has 0 amide bonds. The molecule has 0 aliphatic carbocycles. The van der Waals surface area contributed by atoms with E-state index in [2.05, 4.69) is 9.51 Å². The second-order valence-corrected chi connectivity index (χ2v) is 9.69. The molecular formula is C12H17Cl3N3O8P. The Balaban J connectivity index is 2.05. The Morgan fingerprint density at radius 1 is 1.37 bits per heavy atom. The van der Waals surface area contributed by atoms with Crippen LogP contribution in [0.1, 0.15) is 6.23 Å². The summed E-state index contributed by atoms with van der Waals surface area (Å²) in [4.78, 5) is 15.4. The molecule has 0 saturated carbocycles. The molecule has 1 aromatic rings. The number of ether oxygens (including phenoxy) is 1. The average Bonchev–Trinajstić information content (AvgIpc) is 2.86. The highest BCUT2D eigenvalue weighted by molar-refractivity contribution is 7.48. The molecule has 15 heteroatoms. The number of aliphatic hydroxyl groups excluding tert-OH is 2. The van der Waals surface area contributed by atoms with Crippen LogP contribution in [0, 0.1) is 0 Å². The zero-order valence-electron chi connectivity index (χ0n) is 13.8. The molecular weight excluding hydrogens is 451 g/mol. The summed E-state index contributed by atoms with van der Waals surface area (Å²) in [6, 6.07) is 1.32. The first-order chi connectivity index (χ1) is 12.5. The quantitative estimate of drug-likeness (QED) is 0.382. The van der Waals surface area contributed by atoms with Gasteiger partial charge >= 0.3 is 13.5 Å². The zero-order valence-corrected chi connectivity index (χ0v) is 16.9. The van der Waals surface area contributed by atoms with Gasteiger partial charge in [-0.3, -0.25) is 18.1 Å². The molecule has 1 aliphatic heterocycles. The molecule has 0 bridgehead atoms. The predicted octanol–water partition coefficient (Wildman–Crippen LogP) is 0.603. The fraction of sp³-hybridized carbons (Fsp3) is 0.667. The first-order valence-electron chi connectivity index (χ1n) is 7.33. The van der Waals surface area contributed by atoms with Gasteiger partial charge in [0.2, 0.25) is 3.79 Å². The number of phosphoric ester groups is 1. The molecule has 1 aliphatic rings. The van der Waals surface area contributed by atoms with E-state index in [9.17, 15) is 19.6 Å². The van der Waals surface area contributed by atoms with Crippen molar-refractivity contribution in [2.45, 2.75) is 28.3 Å². The van der Waals surface area contributed by atoms with E-state index in [0.717, 1.165) is 11.7 Å². The van der Waals surface area contributed by atoms with Gasteiger partial charge < -0.3 is 20.7 Å². The molecule has 27 heavy (non-hydrogen) atoms. The number of anilines is 1. The smallest absolute Gasteiger partial charge is 0.387 e. The summed E-state index contributed by atoms with van der Waals surface area (Å²) in [6.07, 6.45) is -4.16. The Hall–Kier alpha value is -0.460. The number of aliphatic hydroxyl groups is 2. The number of hydrogen-bond acceptors (Lipinski definition) is 10. The molecule has 154 valence electrons. The SMILES string of the molecule is COP(=O)(OCC1OC(n2ccc(N)nc2=O)C(O)C1O)OCC(Cl)(Cl)Cl.